The molecule has 0 radical (unpaired) electrons. The Balaban J connectivity index is 1.75. The Morgan fingerprint density at radius 3 is 2.52 bits per heavy atom. The molecular formula is C30H35N3O6S. The second kappa shape index (κ2) is 13.5. The fourth-order valence-corrected chi connectivity index (χ4v) is 5.33. The maximum absolute atomic E-state index is 14.0. The van der Waals surface area contributed by atoms with Crippen LogP contribution < -0.4 is 25.0 Å². The number of methoxy groups -OCH3 is 2. The lowest BCUT2D eigenvalue weighted by Gasteiger charge is -2.33. The maximum atomic E-state index is 14.0. The lowest BCUT2D eigenvalue weighted by Crippen LogP contribution is -2.48. The Morgan fingerprint density at radius 1 is 1.05 bits per heavy atom. The molecule has 0 saturated carbocycles. The van der Waals surface area contributed by atoms with Gasteiger partial charge in [-0.2, -0.15) is 0 Å². The molecule has 10 heteroatoms. The molecule has 0 spiro atoms. The molecule has 2 heterocycles. The van der Waals surface area contributed by atoms with Crippen molar-refractivity contribution in [1.82, 2.24) is 10.6 Å². The highest BCUT2D eigenvalue weighted by Crippen LogP contribution is 2.36. The van der Waals surface area contributed by atoms with Crippen molar-refractivity contribution in [3.63, 3.8) is 0 Å². The van der Waals surface area contributed by atoms with Crippen molar-refractivity contribution in [3.8, 4) is 11.5 Å². The van der Waals surface area contributed by atoms with Crippen LogP contribution in [0.15, 0.2) is 53.9 Å². The molecule has 0 aliphatic carbocycles. The summed E-state index contributed by atoms with van der Waals surface area (Å²) >= 11 is 1.29. The number of benzene rings is 2. The van der Waals surface area contributed by atoms with Gasteiger partial charge in [-0.25, -0.2) is 0 Å². The zero-order chi connectivity index (χ0) is 28.6. The van der Waals surface area contributed by atoms with Crippen LogP contribution in [0.5, 0.6) is 11.5 Å². The van der Waals surface area contributed by atoms with Gasteiger partial charge in [-0.15, -0.1) is 11.3 Å². The number of thiophene rings is 1. The molecule has 1 saturated heterocycles. The third kappa shape index (κ3) is 6.81. The van der Waals surface area contributed by atoms with E-state index in [1.54, 1.807) is 35.7 Å². The second-order valence-corrected chi connectivity index (χ2v) is 10.6. The molecule has 212 valence electrons. The van der Waals surface area contributed by atoms with Crippen molar-refractivity contribution in [1.29, 1.82) is 0 Å². The monoisotopic (exact) mass is 565 g/mol. The fourth-order valence-electron chi connectivity index (χ4n) is 4.69. The molecule has 2 N–H and O–H groups in total. The summed E-state index contributed by atoms with van der Waals surface area (Å²) in [5.41, 5.74) is 2.83. The summed E-state index contributed by atoms with van der Waals surface area (Å²) in [5.74, 6) is -0.240. The molecular weight excluding hydrogens is 530 g/mol. The highest BCUT2D eigenvalue weighted by Gasteiger charge is 2.35. The summed E-state index contributed by atoms with van der Waals surface area (Å²) in [6, 6.07) is 13.3. The summed E-state index contributed by atoms with van der Waals surface area (Å²) in [6.45, 7) is 4.50. The number of carbonyl (C=O) groups excluding carboxylic acids is 3. The minimum absolute atomic E-state index is 0.0788. The minimum Gasteiger partial charge on any atom is -0.493 e. The lowest BCUT2D eigenvalue weighted by atomic mass is 10.00. The Labute approximate surface area is 238 Å². The van der Waals surface area contributed by atoms with Gasteiger partial charge < -0.3 is 24.8 Å². The number of amides is 3. The fraction of sp³-hybridized carbons (Fsp3) is 0.367. The minimum atomic E-state index is -1.06. The van der Waals surface area contributed by atoms with Crippen LogP contribution >= 0.6 is 11.3 Å². The summed E-state index contributed by atoms with van der Waals surface area (Å²) < 4.78 is 16.6. The molecule has 1 aliphatic heterocycles. The smallest absolute Gasteiger partial charge is 0.261 e. The second-order valence-electron chi connectivity index (χ2n) is 9.61. The van der Waals surface area contributed by atoms with Gasteiger partial charge in [-0.1, -0.05) is 24.3 Å². The molecule has 0 bridgehead atoms. The topological polar surface area (TPSA) is 106 Å². The van der Waals surface area contributed by atoms with Crippen molar-refractivity contribution in [3.05, 3.63) is 75.5 Å². The van der Waals surface area contributed by atoms with Crippen LogP contribution in [0.4, 0.5) is 5.69 Å². The van der Waals surface area contributed by atoms with E-state index in [0.29, 0.717) is 40.8 Å². The Kier molecular flexibility index (Phi) is 9.79. The predicted molar refractivity (Wildman–Crippen MR) is 154 cm³/mol. The number of hydrogen-bond donors (Lipinski definition) is 2. The predicted octanol–water partition coefficient (Wildman–Crippen LogP) is 4.18. The van der Waals surface area contributed by atoms with Crippen LogP contribution in [0, 0.1) is 13.8 Å². The van der Waals surface area contributed by atoms with E-state index in [2.05, 4.69) is 10.6 Å². The van der Waals surface area contributed by atoms with Crippen LogP contribution in [-0.4, -0.2) is 57.7 Å². The molecule has 2 aromatic carbocycles. The number of ether oxygens (including phenoxy) is 3. The van der Waals surface area contributed by atoms with Crippen LogP contribution in [0.3, 0.4) is 0 Å². The van der Waals surface area contributed by atoms with Gasteiger partial charge in [0.2, 0.25) is 11.8 Å². The van der Waals surface area contributed by atoms with Gasteiger partial charge in [0, 0.05) is 18.8 Å². The van der Waals surface area contributed by atoms with Gasteiger partial charge in [0.05, 0.1) is 31.7 Å². The van der Waals surface area contributed by atoms with Gasteiger partial charge in [-0.05, 0) is 73.0 Å². The van der Waals surface area contributed by atoms with Crippen molar-refractivity contribution >= 4 is 34.7 Å². The Bertz CT molecular complexity index is 1340. The van der Waals surface area contributed by atoms with Gasteiger partial charge in [0.15, 0.2) is 11.5 Å². The quantitative estimate of drug-likeness (QED) is 0.361. The number of aryl methyl sites for hydroxylation is 2. The lowest BCUT2D eigenvalue weighted by molar-refractivity contribution is -0.126. The first-order valence-corrected chi connectivity index (χ1v) is 14.0. The zero-order valence-corrected chi connectivity index (χ0v) is 24.0. The van der Waals surface area contributed by atoms with E-state index in [0.717, 1.165) is 24.0 Å². The molecule has 3 aromatic rings. The number of nitrogens with zero attached hydrogens (tertiary/aromatic N) is 1. The standard InChI is InChI=1S/C30H35N3O6S/c1-19-9-10-20(2)23(15-19)33(27(34)18-32-29(35)26-8-6-14-40-26)28(30(36)31-17-22-7-5-13-39-22)21-11-12-24(37-3)25(16-21)38-4/h6,8-12,14-16,22,28H,5,7,13,17-18H2,1-4H3,(H,31,36)(H,32,35). The van der Waals surface area contributed by atoms with Gasteiger partial charge in [0.1, 0.15) is 6.04 Å². The molecule has 1 aromatic heterocycles. The van der Waals surface area contributed by atoms with E-state index in [-0.39, 0.29) is 24.5 Å². The molecule has 2 atom stereocenters. The Hall–Kier alpha value is -3.89. The largest absolute Gasteiger partial charge is 0.493 e. The van der Waals surface area contributed by atoms with E-state index in [4.69, 9.17) is 14.2 Å². The van der Waals surface area contributed by atoms with Crippen LogP contribution in [0.1, 0.15) is 45.2 Å². The number of carbonyl (C=O) groups is 3. The number of rotatable bonds is 11. The van der Waals surface area contributed by atoms with Gasteiger partial charge in [0.25, 0.3) is 5.91 Å². The molecule has 2 unspecified atom stereocenters. The molecule has 9 nitrogen and oxygen atoms in total. The highest BCUT2D eigenvalue weighted by atomic mass is 32.1. The number of nitrogens with one attached hydrogen (secondary N) is 2. The van der Waals surface area contributed by atoms with Crippen LogP contribution in [0.25, 0.3) is 0 Å². The highest BCUT2D eigenvalue weighted by molar-refractivity contribution is 7.12. The van der Waals surface area contributed by atoms with E-state index in [9.17, 15) is 14.4 Å². The molecule has 4 rings (SSSR count). The third-order valence-electron chi connectivity index (χ3n) is 6.80. The average molecular weight is 566 g/mol. The van der Waals surface area contributed by atoms with Gasteiger partial charge in [-0.3, -0.25) is 19.3 Å². The molecule has 3 amide bonds. The van der Waals surface area contributed by atoms with Crippen molar-refractivity contribution in [2.24, 2.45) is 0 Å². The van der Waals surface area contributed by atoms with Crippen molar-refractivity contribution in [2.75, 3.05) is 38.8 Å². The Morgan fingerprint density at radius 2 is 1.85 bits per heavy atom. The van der Waals surface area contributed by atoms with Crippen LogP contribution in [0.2, 0.25) is 0 Å². The molecule has 1 aliphatic rings. The first-order valence-electron chi connectivity index (χ1n) is 13.1. The molecule has 1 fully saturated rings. The summed E-state index contributed by atoms with van der Waals surface area (Å²) in [4.78, 5) is 42.6. The van der Waals surface area contributed by atoms with Crippen molar-refractivity contribution < 1.29 is 28.6 Å². The first kappa shape index (κ1) is 29.1. The van der Waals surface area contributed by atoms with E-state index in [1.165, 1.54) is 30.5 Å². The molecule has 40 heavy (non-hydrogen) atoms. The SMILES string of the molecule is COc1ccc(C(C(=O)NCC2CCCO2)N(C(=O)CNC(=O)c2cccs2)c2cc(C)ccc2C)cc1OC. The van der Waals surface area contributed by atoms with E-state index < -0.39 is 11.9 Å². The third-order valence-corrected chi connectivity index (χ3v) is 7.66. The normalized spacial score (nSPS) is 15.2. The maximum Gasteiger partial charge on any atom is 0.261 e. The van der Waals surface area contributed by atoms with E-state index in [1.807, 2.05) is 32.0 Å². The summed E-state index contributed by atoms with van der Waals surface area (Å²) in [6.07, 6.45) is 1.72. The van der Waals surface area contributed by atoms with E-state index >= 15 is 0 Å². The summed E-state index contributed by atoms with van der Waals surface area (Å²) in [7, 11) is 3.05. The van der Waals surface area contributed by atoms with Gasteiger partial charge >= 0.3 is 0 Å². The number of hydrogen-bond acceptors (Lipinski definition) is 7. The summed E-state index contributed by atoms with van der Waals surface area (Å²) in [5, 5.41) is 7.51. The first-order chi connectivity index (χ1) is 19.3. The zero-order valence-electron chi connectivity index (χ0n) is 23.2. The van der Waals surface area contributed by atoms with Crippen LogP contribution in [-0.2, 0) is 14.3 Å². The average Bonchev–Trinajstić information content (AvgIpc) is 3.69. The van der Waals surface area contributed by atoms with Crippen molar-refractivity contribution in [2.45, 2.75) is 38.8 Å². The number of anilines is 1.